The van der Waals surface area contributed by atoms with E-state index in [1.165, 1.54) is 30.3 Å². The molecule has 0 aliphatic carbocycles. The molecule has 5 nitrogen and oxygen atoms in total. The highest BCUT2D eigenvalue weighted by Crippen LogP contribution is 2.12. The smallest absolute Gasteiger partial charge is 0.248 e. The second-order valence-corrected chi connectivity index (χ2v) is 5.86. The largest absolute Gasteiger partial charge is 0.323 e. The van der Waals surface area contributed by atoms with Crippen molar-refractivity contribution in [3.8, 4) is 0 Å². The van der Waals surface area contributed by atoms with E-state index in [-0.39, 0.29) is 10.8 Å². The summed E-state index contributed by atoms with van der Waals surface area (Å²) in [7, 11) is -3.72. The molecule has 2 rings (SSSR count). The van der Waals surface area contributed by atoms with Gasteiger partial charge in [0.2, 0.25) is 15.9 Å². The van der Waals surface area contributed by atoms with Gasteiger partial charge in [-0.1, -0.05) is 30.3 Å². The van der Waals surface area contributed by atoms with Gasteiger partial charge in [0.25, 0.3) is 0 Å². The Morgan fingerprint density at radius 3 is 2.19 bits per heavy atom. The Morgan fingerprint density at radius 1 is 1.00 bits per heavy atom. The van der Waals surface area contributed by atoms with E-state index >= 15 is 0 Å². The number of carbonyl (C=O) groups is 1. The van der Waals surface area contributed by atoms with E-state index in [4.69, 9.17) is 5.14 Å². The summed E-state index contributed by atoms with van der Waals surface area (Å²) in [5, 5.41) is 7.62. The number of nitrogens with one attached hydrogen (secondary N) is 1. The number of anilines is 1. The summed E-state index contributed by atoms with van der Waals surface area (Å²) in [6.45, 7) is 0. The van der Waals surface area contributed by atoms with Crippen molar-refractivity contribution in [2.75, 3.05) is 5.32 Å². The third-order valence-electron chi connectivity index (χ3n) is 2.68. The van der Waals surface area contributed by atoms with E-state index in [1.54, 1.807) is 6.08 Å². The van der Waals surface area contributed by atoms with Gasteiger partial charge in [-0.05, 0) is 35.9 Å². The quantitative estimate of drug-likeness (QED) is 0.846. The second kappa shape index (κ2) is 6.34. The Labute approximate surface area is 123 Å². The lowest BCUT2D eigenvalue weighted by Gasteiger charge is -2.03. The molecule has 21 heavy (non-hydrogen) atoms. The summed E-state index contributed by atoms with van der Waals surface area (Å²) in [4.78, 5) is 11.7. The first-order chi connectivity index (χ1) is 9.95. The fraction of sp³-hybridized carbons (Fsp3) is 0. The van der Waals surface area contributed by atoms with Gasteiger partial charge >= 0.3 is 0 Å². The minimum Gasteiger partial charge on any atom is -0.323 e. The lowest BCUT2D eigenvalue weighted by atomic mass is 10.2. The molecule has 3 N–H and O–H groups in total. The Hall–Kier alpha value is -2.44. The molecule has 0 heterocycles. The first-order valence-corrected chi connectivity index (χ1v) is 7.67. The van der Waals surface area contributed by atoms with Crippen LogP contribution in [0.5, 0.6) is 0 Å². The van der Waals surface area contributed by atoms with Crippen LogP contribution in [0.15, 0.2) is 65.6 Å². The summed E-state index contributed by atoms with van der Waals surface area (Å²) in [6.07, 6.45) is 3.09. The summed E-state index contributed by atoms with van der Waals surface area (Å²) in [5.74, 6) is -0.304. The van der Waals surface area contributed by atoms with E-state index in [1.807, 2.05) is 30.3 Å². The zero-order chi connectivity index (χ0) is 15.3. The molecule has 0 aliphatic heterocycles. The van der Waals surface area contributed by atoms with Crippen LogP contribution in [0.1, 0.15) is 5.56 Å². The molecule has 0 atom stereocenters. The molecule has 0 fully saturated rings. The number of amides is 1. The van der Waals surface area contributed by atoms with E-state index in [9.17, 15) is 13.2 Å². The fourth-order valence-corrected chi connectivity index (χ4v) is 2.16. The molecule has 0 spiro atoms. The number of benzene rings is 2. The summed E-state index contributed by atoms with van der Waals surface area (Å²) >= 11 is 0. The van der Waals surface area contributed by atoms with Crippen LogP contribution in [0.4, 0.5) is 5.69 Å². The highest BCUT2D eigenvalue weighted by atomic mass is 32.2. The topological polar surface area (TPSA) is 89.3 Å². The van der Waals surface area contributed by atoms with Crippen LogP contribution in [0.2, 0.25) is 0 Å². The van der Waals surface area contributed by atoms with Crippen molar-refractivity contribution >= 4 is 27.7 Å². The van der Waals surface area contributed by atoms with Crippen LogP contribution in [0, 0.1) is 0 Å². The molecule has 2 aromatic carbocycles. The predicted molar refractivity (Wildman–Crippen MR) is 81.9 cm³/mol. The molecule has 0 unspecified atom stereocenters. The minimum atomic E-state index is -3.72. The number of hydrogen-bond donors (Lipinski definition) is 2. The first-order valence-electron chi connectivity index (χ1n) is 6.12. The van der Waals surface area contributed by atoms with Crippen molar-refractivity contribution in [1.82, 2.24) is 0 Å². The van der Waals surface area contributed by atoms with Gasteiger partial charge in [-0.3, -0.25) is 4.79 Å². The molecule has 0 aromatic heterocycles. The Morgan fingerprint density at radius 2 is 1.62 bits per heavy atom. The van der Waals surface area contributed by atoms with Crippen molar-refractivity contribution in [3.05, 3.63) is 66.2 Å². The number of hydrogen-bond acceptors (Lipinski definition) is 3. The molecule has 2 aromatic rings. The molecule has 0 saturated heterocycles. The van der Waals surface area contributed by atoms with Gasteiger partial charge in [-0.25, -0.2) is 13.6 Å². The number of carbonyl (C=O) groups excluding carboxylic acids is 1. The number of primary sulfonamides is 1. The van der Waals surface area contributed by atoms with Gasteiger partial charge in [0.15, 0.2) is 0 Å². The Kier molecular flexibility index (Phi) is 4.52. The molecule has 1 amide bonds. The maximum absolute atomic E-state index is 11.7. The van der Waals surface area contributed by atoms with Crippen LogP contribution >= 0.6 is 0 Å². The van der Waals surface area contributed by atoms with Gasteiger partial charge in [0.05, 0.1) is 4.90 Å². The van der Waals surface area contributed by atoms with Crippen LogP contribution in [-0.2, 0) is 14.8 Å². The van der Waals surface area contributed by atoms with Gasteiger partial charge in [-0.2, -0.15) is 0 Å². The summed E-state index contributed by atoms with van der Waals surface area (Å²) in [6, 6.07) is 15.0. The third kappa shape index (κ3) is 4.55. The Bertz CT molecular complexity index is 751. The monoisotopic (exact) mass is 302 g/mol. The van der Waals surface area contributed by atoms with E-state index in [0.29, 0.717) is 5.69 Å². The molecule has 0 saturated carbocycles. The Balaban J connectivity index is 2.02. The normalized spacial score (nSPS) is 11.5. The summed E-state index contributed by atoms with van der Waals surface area (Å²) in [5.41, 5.74) is 1.40. The van der Waals surface area contributed by atoms with Gasteiger partial charge in [0.1, 0.15) is 0 Å². The van der Waals surface area contributed by atoms with Gasteiger partial charge in [0, 0.05) is 11.8 Å². The SMILES string of the molecule is NS(=O)(=O)c1ccc(NC(=O)C=Cc2ccccc2)cc1. The number of rotatable bonds is 4. The highest BCUT2D eigenvalue weighted by molar-refractivity contribution is 7.89. The van der Waals surface area contributed by atoms with Crippen molar-refractivity contribution in [2.24, 2.45) is 5.14 Å². The number of nitrogens with two attached hydrogens (primary N) is 1. The molecule has 0 bridgehead atoms. The van der Waals surface area contributed by atoms with Crippen molar-refractivity contribution in [1.29, 1.82) is 0 Å². The third-order valence-corrected chi connectivity index (χ3v) is 3.61. The molecular weight excluding hydrogens is 288 g/mol. The van der Waals surface area contributed by atoms with Crippen LogP contribution < -0.4 is 10.5 Å². The minimum absolute atomic E-state index is 0.000302. The molecular formula is C15H14N2O3S. The van der Waals surface area contributed by atoms with Crippen molar-refractivity contribution < 1.29 is 13.2 Å². The van der Waals surface area contributed by atoms with Crippen LogP contribution in [0.25, 0.3) is 6.08 Å². The first kappa shape index (κ1) is 15.0. The standard InChI is InChI=1S/C15H14N2O3S/c16-21(19,20)14-9-7-13(8-10-14)17-15(18)11-6-12-4-2-1-3-5-12/h1-11H,(H,17,18)(H2,16,19,20). The summed E-state index contributed by atoms with van der Waals surface area (Å²) < 4.78 is 22.2. The highest BCUT2D eigenvalue weighted by Gasteiger charge is 2.07. The zero-order valence-electron chi connectivity index (χ0n) is 11.1. The predicted octanol–water partition coefficient (Wildman–Crippen LogP) is 1.99. The van der Waals surface area contributed by atoms with E-state index < -0.39 is 10.0 Å². The maximum Gasteiger partial charge on any atom is 0.248 e. The molecule has 6 heteroatoms. The molecule has 108 valence electrons. The van der Waals surface area contributed by atoms with Crippen LogP contribution in [-0.4, -0.2) is 14.3 Å². The van der Waals surface area contributed by atoms with Crippen molar-refractivity contribution in [2.45, 2.75) is 4.90 Å². The molecule has 0 aliphatic rings. The molecule has 0 radical (unpaired) electrons. The zero-order valence-corrected chi connectivity index (χ0v) is 11.9. The fourth-order valence-electron chi connectivity index (χ4n) is 1.65. The maximum atomic E-state index is 11.7. The second-order valence-electron chi connectivity index (χ2n) is 4.30. The van der Waals surface area contributed by atoms with E-state index in [0.717, 1.165) is 5.56 Å². The van der Waals surface area contributed by atoms with Crippen LogP contribution in [0.3, 0.4) is 0 Å². The number of sulfonamides is 1. The average molecular weight is 302 g/mol. The van der Waals surface area contributed by atoms with Crippen molar-refractivity contribution in [3.63, 3.8) is 0 Å². The van der Waals surface area contributed by atoms with Gasteiger partial charge in [-0.15, -0.1) is 0 Å². The van der Waals surface area contributed by atoms with Gasteiger partial charge < -0.3 is 5.32 Å². The average Bonchev–Trinajstić information content (AvgIpc) is 2.46. The lowest BCUT2D eigenvalue weighted by molar-refractivity contribution is -0.111. The van der Waals surface area contributed by atoms with E-state index in [2.05, 4.69) is 5.32 Å². The lowest BCUT2D eigenvalue weighted by Crippen LogP contribution is -2.12.